The maximum Gasteiger partial charge on any atom is 0.400 e. The lowest BCUT2D eigenvalue weighted by atomic mass is 10.4. The number of hydrogen-bond acceptors (Lipinski definition) is 4. The monoisotopic (exact) mass is 248 g/mol. The molecule has 0 bridgehead atoms. The fourth-order valence-corrected chi connectivity index (χ4v) is 2.23. The second kappa shape index (κ2) is 8.68. The maximum atomic E-state index is 12.0. The maximum absolute atomic E-state index is 12.0. The third-order valence-corrected chi connectivity index (χ3v) is 3.73. The Balaban J connectivity index is 4.31. The molecule has 94 valence electrons. The fourth-order valence-electron chi connectivity index (χ4n) is 0.934. The van der Waals surface area contributed by atoms with Crippen LogP contribution in [0.2, 0.25) is 0 Å². The zero-order chi connectivity index (χ0) is 12.4. The minimum absolute atomic E-state index is 0.277. The van der Waals surface area contributed by atoms with Gasteiger partial charge >= 0.3 is 7.60 Å². The molecule has 0 fully saturated rings. The molecule has 0 aliphatic carbocycles. The molecule has 0 atom stereocenters. The molecule has 0 aromatic rings. The topological polar surface area (TPSA) is 52.6 Å². The van der Waals surface area contributed by atoms with Gasteiger partial charge in [0.25, 0.3) is 5.52 Å². The highest BCUT2D eigenvalue weighted by Gasteiger charge is 2.32. The van der Waals surface area contributed by atoms with Gasteiger partial charge in [-0.25, -0.2) is 0 Å². The van der Waals surface area contributed by atoms with Crippen LogP contribution in [0.1, 0.15) is 39.5 Å². The third kappa shape index (κ3) is 5.59. The summed E-state index contributed by atoms with van der Waals surface area (Å²) in [5.74, 6) is 0. The first-order valence-corrected chi connectivity index (χ1v) is 7.21. The SMILES string of the molecule is C=CC(=O)P(=O)(OCCCC)OCCCC. The Bertz CT molecular complexity index is 249. The average Bonchev–Trinajstić information content (AvgIpc) is 2.28. The largest absolute Gasteiger partial charge is 0.400 e. The number of hydrogen-bond donors (Lipinski definition) is 0. The van der Waals surface area contributed by atoms with E-state index >= 15 is 0 Å². The van der Waals surface area contributed by atoms with Crippen LogP contribution in [0.3, 0.4) is 0 Å². The second-order valence-corrected chi connectivity index (χ2v) is 5.37. The smallest absolute Gasteiger partial charge is 0.303 e. The molecular weight excluding hydrogens is 227 g/mol. The lowest BCUT2D eigenvalue weighted by Crippen LogP contribution is -2.06. The molecule has 0 heterocycles. The first kappa shape index (κ1) is 15.6. The molecule has 4 nitrogen and oxygen atoms in total. The highest BCUT2D eigenvalue weighted by atomic mass is 31.2. The van der Waals surface area contributed by atoms with E-state index in [0.29, 0.717) is 0 Å². The molecular formula is C11H21O4P. The van der Waals surface area contributed by atoms with Crippen LogP contribution in [0.25, 0.3) is 0 Å². The van der Waals surface area contributed by atoms with Gasteiger partial charge in [0.15, 0.2) is 0 Å². The summed E-state index contributed by atoms with van der Waals surface area (Å²) in [6, 6.07) is 0. The summed E-state index contributed by atoms with van der Waals surface area (Å²) >= 11 is 0. The van der Waals surface area contributed by atoms with Crippen LogP contribution >= 0.6 is 7.60 Å². The number of carbonyl (C=O) groups excluding carboxylic acids is 1. The van der Waals surface area contributed by atoms with Crippen LogP contribution < -0.4 is 0 Å². The molecule has 5 heteroatoms. The molecule has 0 amide bonds. The van der Waals surface area contributed by atoms with Crippen LogP contribution in [0, 0.1) is 0 Å². The van der Waals surface area contributed by atoms with E-state index in [1.807, 2.05) is 13.8 Å². The van der Waals surface area contributed by atoms with Crippen LogP contribution in [-0.2, 0) is 18.4 Å². The zero-order valence-corrected chi connectivity index (χ0v) is 11.0. The molecule has 0 unspecified atom stereocenters. The summed E-state index contributed by atoms with van der Waals surface area (Å²) in [6.45, 7) is 7.83. The third-order valence-electron chi connectivity index (χ3n) is 1.96. The summed E-state index contributed by atoms with van der Waals surface area (Å²) < 4.78 is 22.2. The van der Waals surface area contributed by atoms with Gasteiger partial charge in [-0.15, -0.1) is 0 Å². The van der Waals surface area contributed by atoms with E-state index in [4.69, 9.17) is 9.05 Å². The first-order valence-electron chi connectivity index (χ1n) is 5.66. The molecule has 0 rings (SSSR count). The predicted molar refractivity (Wildman–Crippen MR) is 64.5 cm³/mol. The van der Waals surface area contributed by atoms with Gasteiger partial charge in [0.1, 0.15) is 0 Å². The molecule has 0 spiro atoms. The van der Waals surface area contributed by atoms with E-state index in [-0.39, 0.29) is 13.2 Å². The van der Waals surface area contributed by atoms with E-state index in [9.17, 15) is 9.36 Å². The Hall–Kier alpha value is -0.440. The summed E-state index contributed by atoms with van der Waals surface area (Å²) in [7, 11) is -3.63. The predicted octanol–water partition coefficient (Wildman–Crippen LogP) is 3.53. The fraction of sp³-hybridized carbons (Fsp3) is 0.727. The van der Waals surface area contributed by atoms with Crippen molar-refractivity contribution in [1.82, 2.24) is 0 Å². The van der Waals surface area contributed by atoms with Crippen LogP contribution in [0.4, 0.5) is 0 Å². The Morgan fingerprint density at radius 3 is 1.94 bits per heavy atom. The number of unbranched alkanes of at least 4 members (excludes halogenated alkanes) is 2. The van der Waals surface area contributed by atoms with Crippen molar-refractivity contribution in [3.8, 4) is 0 Å². The summed E-state index contributed by atoms with van der Waals surface area (Å²) in [5.41, 5.74) is -0.653. The van der Waals surface area contributed by atoms with Crippen molar-refractivity contribution in [2.45, 2.75) is 39.5 Å². The van der Waals surface area contributed by atoms with Crippen molar-refractivity contribution >= 4 is 13.1 Å². The number of rotatable bonds is 10. The minimum atomic E-state index is -3.63. The molecule has 0 aliphatic rings. The van der Waals surface area contributed by atoms with E-state index in [2.05, 4.69) is 6.58 Å². The zero-order valence-electron chi connectivity index (χ0n) is 10.1. The lowest BCUT2D eigenvalue weighted by Gasteiger charge is -2.15. The molecule has 0 radical (unpaired) electrons. The highest BCUT2D eigenvalue weighted by molar-refractivity contribution is 7.72. The van der Waals surface area contributed by atoms with Gasteiger partial charge in [0, 0.05) is 0 Å². The summed E-state index contributed by atoms with van der Waals surface area (Å²) in [6.07, 6.45) is 4.34. The van der Waals surface area contributed by atoms with E-state index in [1.165, 1.54) is 0 Å². The van der Waals surface area contributed by atoms with E-state index in [0.717, 1.165) is 31.8 Å². The van der Waals surface area contributed by atoms with Gasteiger partial charge in [0.05, 0.1) is 13.2 Å². The number of carbonyl (C=O) groups is 1. The van der Waals surface area contributed by atoms with Crippen molar-refractivity contribution in [2.75, 3.05) is 13.2 Å². The summed E-state index contributed by atoms with van der Waals surface area (Å²) in [4.78, 5) is 11.4. The Morgan fingerprint density at radius 2 is 1.62 bits per heavy atom. The first-order chi connectivity index (χ1) is 7.60. The van der Waals surface area contributed by atoms with E-state index < -0.39 is 13.1 Å². The van der Waals surface area contributed by atoms with E-state index in [1.54, 1.807) is 0 Å². The van der Waals surface area contributed by atoms with Gasteiger partial charge in [-0.3, -0.25) is 9.36 Å². The molecule has 0 aromatic heterocycles. The highest BCUT2D eigenvalue weighted by Crippen LogP contribution is 2.49. The van der Waals surface area contributed by atoms with Gasteiger partial charge in [0.2, 0.25) is 0 Å². The minimum Gasteiger partial charge on any atom is -0.303 e. The van der Waals surface area contributed by atoms with Crippen molar-refractivity contribution < 1.29 is 18.4 Å². The summed E-state index contributed by atoms with van der Waals surface area (Å²) in [5, 5.41) is 0. The second-order valence-electron chi connectivity index (χ2n) is 3.41. The van der Waals surface area contributed by atoms with Crippen molar-refractivity contribution in [3.63, 3.8) is 0 Å². The standard InChI is InChI=1S/C11H21O4P/c1-4-7-9-14-16(13,11(12)6-3)15-10-8-5-2/h6H,3-5,7-10H2,1-2H3. The lowest BCUT2D eigenvalue weighted by molar-refractivity contribution is -0.109. The molecule has 0 aromatic carbocycles. The van der Waals surface area contributed by atoms with Crippen LogP contribution in [-0.4, -0.2) is 18.7 Å². The van der Waals surface area contributed by atoms with Gasteiger partial charge in [-0.2, -0.15) is 0 Å². The molecule has 0 saturated heterocycles. The Kier molecular flexibility index (Phi) is 8.44. The molecule has 0 aliphatic heterocycles. The molecule has 0 N–H and O–H groups in total. The van der Waals surface area contributed by atoms with Gasteiger partial charge < -0.3 is 9.05 Å². The van der Waals surface area contributed by atoms with Crippen molar-refractivity contribution in [3.05, 3.63) is 12.7 Å². The molecule has 0 saturated carbocycles. The van der Waals surface area contributed by atoms with Crippen LogP contribution in [0.15, 0.2) is 12.7 Å². The van der Waals surface area contributed by atoms with Gasteiger partial charge in [-0.1, -0.05) is 33.3 Å². The van der Waals surface area contributed by atoms with Crippen molar-refractivity contribution in [1.29, 1.82) is 0 Å². The van der Waals surface area contributed by atoms with Crippen molar-refractivity contribution in [2.24, 2.45) is 0 Å². The Labute approximate surface area is 97.6 Å². The van der Waals surface area contributed by atoms with Crippen LogP contribution in [0.5, 0.6) is 0 Å². The number of allylic oxidation sites excluding steroid dienone is 1. The molecule has 16 heavy (non-hydrogen) atoms. The quantitative estimate of drug-likeness (QED) is 0.337. The normalized spacial score (nSPS) is 11.4. The average molecular weight is 248 g/mol. The Morgan fingerprint density at radius 1 is 1.19 bits per heavy atom. The van der Waals surface area contributed by atoms with Gasteiger partial charge in [-0.05, 0) is 18.9 Å².